The largest absolute Gasteiger partial charge is 0.0851 e. The summed E-state index contributed by atoms with van der Waals surface area (Å²) in [5.41, 5.74) is 20.7. The van der Waals surface area contributed by atoms with Crippen LogP contribution in [0.4, 0.5) is 0 Å². The monoisotopic (exact) mass is 1590 g/mol. The van der Waals surface area contributed by atoms with Gasteiger partial charge in [0.05, 0.1) is 0 Å². The highest BCUT2D eigenvalue weighted by Crippen LogP contribution is 2.70. The van der Waals surface area contributed by atoms with Gasteiger partial charge in [-0.15, -0.1) is 0 Å². The third-order valence-corrected chi connectivity index (χ3v) is 34.2. The van der Waals surface area contributed by atoms with Crippen molar-refractivity contribution >= 4 is 28.3 Å². The number of hydrogen-bond acceptors (Lipinski definition) is 0. The second kappa shape index (κ2) is 42.6. The van der Waals surface area contributed by atoms with Gasteiger partial charge in [0.2, 0.25) is 0 Å². The normalized spacial score (nSPS) is 30.1. The SMILES string of the molecule is CC(C)CC1=CCc2cccc(Cl)c21.CC(C)CC1=CCc2ccccc21.CC(C)CCCC1=CCc2ccccc21.CC(C)Cc1ccccc1.CC[C@H](/C=C/[C@@H](C)[C@H]1CC[C@H]2[C@@H]3CC=C4C[C@@H](C(C)C)CC[C@]4(C)[C@H]3CC[C@]12C)C(C)C.CC[C@H](CC[C@@H](C)[C@H]1CC[C@H]2[C@@H]3CC=C4C[C@@H](C(C)C)CC[C@]4(C)[C@H]3CC[C@]12C)C(C)C. The number of allylic oxidation sites excluding steroid dienone is 12. The molecule has 11 aliphatic rings. The van der Waals surface area contributed by atoms with Crippen LogP contribution in [0.25, 0.3) is 16.7 Å². The highest BCUT2D eigenvalue weighted by Gasteiger charge is 2.61. The second-order valence-corrected chi connectivity index (χ2v) is 44.9. The molecule has 0 nitrogen and oxygen atoms in total. The minimum Gasteiger partial charge on any atom is -0.0851 e. The lowest BCUT2D eigenvalue weighted by molar-refractivity contribution is -0.0541. The molecule has 0 unspecified atom stereocenters. The fraction of sp³-hybridized carbons (Fsp3) is 0.687. The van der Waals surface area contributed by atoms with Crippen molar-refractivity contribution in [2.24, 2.45) is 152 Å². The summed E-state index contributed by atoms with van der Waals surface area (Å²) >= 11 is 6.21. The molecule has 0 aliphatic heterocycles. The van der Waals surface area contributed by atoms with Gasteiger partial charge in [-0.25, -0.2) is 0 Å². The molecule has 0 bridgehead atoms. The van der Waals surface area contributed by atoms with Crippen LogP contribution >= 0.6 is 11.6 Å². The smallest absolute Gasteiger partial charge is 0.0483 e. The summed E-state index contributed by atoms with van der Waals surface area (Å²) in [6, 6.07) is 34.4. The van der Waals surface area contributed by atoms with E-state index < -0.39 is 0 Å². The Morgan fingerprint density at radius 1 is 0.414 bits per heavy atom. The number of fused-ring (bicyclic) bond motifs is 13. The molecule has 6 saturated carbocycles. The molecule has 116 heavy (non-hydrogen) atoms. The van der Waals surface area contributed by atoms with Crippen LogP contribution in [-0.4, -0.2) is 0 Å². The molecule has 15 rings (SSSR count). The number of hydrogen-bond donors (Lipinski definition) is 0. The van der Waals surface area contributed by atoms with Crippen LogP contribution in [0.2, 0.25) is 5.02 Å². The molecule has 0 N–H and O–H groups in total. The molecule has 11 aliphatic carbocycles. The van der Waals surface area contributed by atoms with Crippen molar-refractivity contribution in [1.82, 2.24) is 0 Å². The van der Waals surface area contributed by atoms with E-state index in [1.165, 1.54) is 205 Å². The molecule has 0 aromatic heterocycles. The van der Waals surface area contributed by atoms with E-state index >= 15 is 0 Å². The fourth-order valence-electron chi connectivity index (χ4n) is 26.8. The maximum Gasteiger partial charge on any atom is 0.0483 e. The minimum absolute atomic E-state index is 0.519. The van der Waals surface area contributed by atoms with Gasteiger partial charge in [-0.05, 0) is 381 Å². The molecule has 0 amide bonds. The number of rotatable bonds is 23. The van der Waals surface area contributed by atoms with Crippen molar-refractivity contribution in [3.8, 4) is 0 Å². The molecule has 6 fully saturated rings. The van der Waals surface area contributed by atoms with Crippen LogP contribution in [0.3, 0.4) is 0 Å². The van der Waals surface area contributed by atoms with Gasteiger partial charge in [-0.3, -0.25) is 0 Å². The molecule has 1 heteroatoms. The van der Waals surface area contributed by atoms with Gasteiger partial charge in [-0.2, -0.15) is 0 Å². The Labute approximate surface area is 722 Å². The van der Waals surface area contributed by atoms with E-state index in [0.29, 0.717) is 27.6 Å². The van der Waals surface area contributed by atoms with Crippen LogP contribution in [-0.2, 0) is 25.7 Å². The lowest BCUT2D eigenvalue weighted by Crippen LogP contribution is -2.50. The average Bonchev–Trinajstić information content (AvgIpc) is 1.54. The Bertz CT molecular complexity index is 3880. The molecule has 0 radical (unpaired) electrons. The lowest BCUT2D eigenvalue weighted by atomic mass is 9.46. The molecular formula is C115H175Cl. The van der Waals surface area contributed by atoms with Crippen molar-refractivity contribution in [3.05, 3.63) is 195 Å². The first-order valence-electron chi connectivity index (χ1n) is 49.4. The Balaban J connectivity index is 0.000000156. The standard InChI is InChI=1S/C32H56.C32H54.C15H20.C13H15Cl.C13H16.C10H14/c2*1-9-24(21(2)3)11-10-23(6)28-14-15-29-27-13-12-26-20-25(22(4)5)16-18-31(26,7)30(27)17-19-32(28,29)8;1-12(2)6-5-8-14-11-10-13-7-3-4-9-15(13)14;1-9(2)8-11-7-6-10-4-3-5-12(14)13(10)11;1-10(2)9-12-8-7-11-5-3-4-6-13(11)12;1-9(2)8-10-6-4-3-5-7-10/h12,21-25,27-30H,9-11,13-20H2,1-8H3;10-12,21-25,27-30H,9,13-20H2,1-8H3;3-4,7,9,11-12H,5-6,8,10H2,1-2H3;3-5,7,9H,6,8H2,1-2H3;3-6,8,10H,7,9H2,1-2H3;3-7,9H,8H2,1-2H3/b;11-10+;;;;/t2*23-,24-,25+,27+,28-,29+,30+,31+,32-;;;;/m11..../s1. The molecule has 0 spiro atoms. The molecule has 0 heterocycles. The quantitative estimate of drug-likeness (QED) is 0.0650. The van der Waals surface area contributed by atoms with E-state index in [2.05, 4.69) is 294 Å². The topological polar surface area (TPSA) is 0 Å². The zero-order valence-corrected chi connectivity index (χ0v) is 80.1. The lowest BCUT2D eigenvalue weighted by Gasteiger charge is -2.59. The van der Waals surface area contributed by atoms with Gasteiger partial charge in [0.1, 0.15) is 0 Å². The van der Waals surface area contributed by atoms with Crippen LogP contribution in [0.5, 0.6) is 0 Å². The third-order valence-electron chi connectivity index (χ3n) is 33.9. The van der Waals surface area contributed by atoms with Crippen LogP contribution in [0.1, 0.15) is 366 Å². The molecule has 4 aromatic carbocycles. The van der Waals surface area contributed by atoms with E-state index in [4.69, 9.17) is 11.6 Å². The summed E-state index contributed by atoms with van der Waals surface area (Å²) in [5, 5.41) is 0.909. The highest BCUT2D eigenvalue weighted by molar-refractivity contribution is 6.32. The second-order valence-electron chi connectivity index (χ2n) is 44.5. The molecule has 18 atom stereocenters. The maximum absolute atomic E-state index is 6.21. The van der Waals surface area contributed by atoms with Crippen molar-refractivity contribution in [2.45, 2.75) is 352 Å². The van der Waals surface area contributed by atoms with Gasteiger partial charge < -0.3 is 0 Å². The van der Waals surface area contributed by atoms with E-state index in [9.17, 15) is 0 Å². The van der Waals surface area contributed by atoms with Gasteiger partial charge >= 0.3 is 0 Å². The Hall–Kier alpha value is -4.39. The van der Waals surface area contributed by atoms with Crippen molar-refractivity contribution in [2.75, 3.05) is 0 Å². The Morgan fingerprint density at radius 3 is 1.41 bits per heavy atom. The highest BCUT2D eigenvalue weighted by atomic mass is 35.5. The van der Waals surface area contributed by atoms with Gasteiger partial charge in [0.25, 0.3) is 0 Å². The van der Waals surface area contributed by atoms with E-state index in [1.807, 2.05) is 23.3 Å². The Kier molecular flexibility index (Phi) is 34.5. The van der Waals surface area contributed by atoms with Crippen LogP contribution < -0.4 is 0 Å². The van der Waals surface area contributed by atoms with E-state index in [-0.39, 0.29) is 0 Å². The summed E-state index contributed by atoms with van der Waals surface area (Å²) in [6.07, 6.45) is 57.8. The van der Waals surface area contributed by atoms with E-state index in [1.54, 1.807) is 11.1 Å². The van der Waals surface area contributed by atoms with Crippen LogP contribution in [0, 0.1) is 152 Å². The molecular weight excluding hydrogens is 1420 g/mol. The fourth-order valence-corrected chi connectivity index (χ4v) is 27.1. The van der Waals surface area contributed by atoms with Gasteiger partial charge in [-0.1, -0.05) is 342 Å². The minimum atomic E-state index is 0.519. The summed E-state index contributed by atoms with van der Waals surface area (Å²) in [4.78, 5) is 0. The molecule has 4 aromatic rings. The van der Waals surface area contributed by atoms with Gasteiger partial charge in [0.15, 0.2) is 0 Å². The zero-order valence-electron chi connectivity index (χ0n) is 79.4. The summed E-state index contributed by atoms with van der Waals surface area (Å²) in [5.74, 6) is 19.3. The van der Waals surface area contributed by atoms with Crippen molar-refractivity contribution < 1.29 is 0 Å². The van der Waals surface area contributed by atoms with Crippen molar-refractivity contribution in [1.29, 1.82) is 0 Å². The molecule has 0 saturated heterocycles. The predicted octanol–water partition coefficient (Wildman–Crippen LogP) is 35.0. The summed E-state index contributed by atoms with van der Waals surface area (Å²) < 4.78 is 0. The Morgan fingerprint density at radius 2 is 0.897 bits per heavy atom. The summed E-state index contributed by atoms with van der Waals surface area (Å²) in [7, 11) is 0. The maximum atomic E-state index is 6.21. The zero-order chi connectivity index (χ0) is 84.0. The molecule has 642 valence electrons. The first-order valence-corrected chi connectivity index (χ1v) is 49.7. The first-order chi connectivity index (χ1) is 55.2. The van der Waals surface area contributed by atoms with Crippen LogP contribution in [0.15, 0.2) is 151 Å². The number of benzene rings is 4. The predicted molar refractivity (Wildman–Crippen MR) is 513 cm³/mol. The van der Waals surface area contributed by atoms with Gasteiger partial charge in [0, 0.05) is 5.02 Å². The third kappa shape index (κ3) is 22.7. The van der Waals surface area contributed by atoms with E-state index in [0.717, 1.165) is 155 Å². The summed E-state index contributed by atoms with van der Waals surface area (Å²) in [6.45, 7) is 58.4. The van der Waals surface area contributed by atoms with Crippen molar-refractivity contribution in [3.63, 3.8) is 0 Å². The first kappa shape index (κ1) is 93.9. The average molecular weight is 1590 g/mol. The number of halogens is 1.